The molecule has 0 radical (unpaired) electrons. The molecule has 35 heavy (non-hydrogen) atoms. The fourth-order valence-corrected chi connectivity index (χ4v) is 7.54. The quantitative estimate of drug-likeness (QED) is 0.570. The monoisotopic (exact) mass is 478 g/mol. The molecule has 0 unspecified atom stereocenters. The van der Waals surface area contributed by atoms with Crippen molar-refractivity contribution in [2.75, 3.05) is 50.8 Å². The van der Waals surface area contributed by atoms with Crippen LogP contribution in [0.25, 0.3) is 0 Å². The molecule has 2 amide bonds. The highest BCUT2D eigenvalue weighted by molar-refractivity contribution is 5.95. The van der Waals surface area contributed by atoms with Crippen LogP contribution in [0.5, 0.6) is 5.75 Å². The lowest BCUT2D eigenvalue weighted by atomic mass is 9.49. The van der Waals surface area contributed by atoms with E-state index in [-0.39, 0.29) is 17.7 Å². The number of hydrogen-bond acceptors (Lipinski definition) is 5. The van der Waals surface area contributed by atoms with Crippen LogP contribution in [0.2, 0.25) is 0 Å². The van der Waals surface area contributed by atoms with Gasteiger partial charge in [0.1, 0.15) is 5.75 Å². The Morgan fingerprint density at radius 2 is 1.63 bits per heavy atom. The second-order valence-corrected chi connectivity index (χ2v) is 11.1. The van der Waals surface area contributed by atoms with Crippen LogP contribution in [0.15, 0.2) is 24.3 Å². The average Bonchev–Trinajstić information content (AvgIpc) is 2.85. The zero-order chi connectivity index (χ0) is 24.4. The van der Waals surface area contributed by atoms with Gasteiger partial charge in [0.15, 0.2) is 0 Å². The zero-order valence-electron chi connectivity index (χ0n) is 21.0. The van der Waals surface area contributed by atoms with Crippen molar-refractivity contribution < 1.29 is 14.3 Å². The maximum atomic E-state index is 13.7. The third kappa shape index (κ3) is 5.04. The van der Waals surface area contributed by atoms with Gasteiger partial charge in [0.25, 0.3) is 0 Å². The van der Waals surface area contributed by atoms with Crippen molar-refractivity contribution in [1.82, 2.24) is 9.80 Å². The third-order valence-electron chi connectivity index (χ3n) is 8.72. The molecule has 1 aromatic carbocycles. The van der Waals surface area contributed by atoms with Gasteiger partial charge in [0, 0.05) is 38.4 Å². The fourth-order valence-electron chi connectivity index (χ4n) is 7.54. The van der Waals surface area contributed by atoms with E-state index in [0.29, 0.717) is 38.7 Å². The van der Waals surface area contributed by atoms with Crippen molar-refractivity contribution in [1.29, 1.82) is 5.26 Å². The maximum absolute atomic E-state index is 13.7. The Morgan fingerprint density at radius 3 is 2.17 bits per heavy atom. The first kappa shape index (κ1) is 24.1. The van der Waals surface area contributed by atoms with Gasteiger partial charge in [-0.15, -0.1) is 0 Å². The fraction of sp³-hybridized carbons (Fsp3) is 0.679. The van der Waals surface area contributed by atoms with Crippen LogP contribution in [0.4, 0.5) is 5.69 Å². The van der Waals surface area contributed by atoms with Crippen molar-refractivity contribution in [2.45, 2.75) is 51.9 Å². The number of carbonyl (C=O) groups is 2. The summed E-state index contributed by atoms with van der Waals surface area (Å²) < 4.78 is 5.51. The molecule has 5 aliphatic rings. The normalized spacial score (nSPS) is 29.6. The van der Waals surface area contributed by atoms with Crippen molar-refractivity contribution in [2.24, 2.45) is 23.2 Å². The number of amides is 2. The minimum Gasteiger partial charge on any atom is -0.494 e. The predicted molar refractivity (Wildman–Crippen MR) is 134 cm³/mol. The molecule has 6 rings (SSSR count). The van der Waals surface area contributed by atoms with Gasteiger partial charge in [-0.25, -0.2) is 0 Å². The zero-order valence-corrected chi connectivity index (χ0v) is 21.0. The summed E-state index contributed by atoms with van der Waals surface area (Å²) in [6.45, 7) is 6.05. The van der Waals surface area contributed by atoms with Crippen molar-refractivity contribution in [3.05, 3.63) is 24.3 Å². The maximum Gasteiger partial charge on any atom is 0.241 e. The van der Waals surface area contributed by atoms with Crippen LogP contribution < -0.4 is 9.64 Å². The van der Waals surface area contributed by atoms with Crippen LogP contribution >= 0.6 is 0 Å². The van der Waals surface area contributed by atoms with E-state index in [9.17, 15) is 9.59 Å². The Labute approximate surface area is 209 Å². The van der Waals surface area contributed by atoms with E-state index in [2.05, 4.69) is 15.9 Å². The van der Waals surface area contributed by atoms with E-state index in [1.54, 1.807) is 4.90 Å². The van der Waals surface area contributed by atoms with Crippen molar-refractivity contribution >= 4 is 17.5 Å². The molecule has 1 aliphatic heterocycles. The van der Waals surface area contributed by atoms with Gasteiger partial charge in [-0.3, -0.25) is 14.5 Å². The topological polar surface area (TPSA) is 76.9 Å². The lowest BCUT2D eigenvalue weighted by Gasteiger charge is -2.57. The van der Waals surface area contributed by atoms with Gasteiger partial charge >= 0.3 is 0 Å². The van der Waals surface area contributed by atoms with Gasteiger partial charge in [-0.1, -0.05) is 0 Å². The summed E-state index contributed by atoms with van der Waals surface area (Å²) in [5.74, 6) is 3.46. The van der Waals surface area contributed by atoms with Crippen molar-refractivity contribution in [3.8, 4) is 11.8 Å². The average molecular weight is 479 g/mol. The standard InChI is InChI=1S/C28H38N4O3/c1-2-35-25-6-4-24(5-7-25)32(9-3-8-29)26(33)20-30-10-12-31(13-11-30)27(34)28-17-21-14-22(18-28)16-23(15-21)19-28/h4-7,21-23H,2-3,9-20H2,1H3. The second kappa shape index (κ2) is 10.2. The molecule has 188 valence electrons. The SMILES string of the molecule is CCOc1ccc(N(CCC#N)C(=O)CN2CCN(C(=O)C34CC5CC(CC(C5)C3)C4)CC2)cc1. The molecule has 0 aromatic heterocycles. The lowest BCUT2D eigenvalue weighted by molar-refractivity contribution is -0.159. The first-order valence-corrected chi connectivity index (χ1v) is 13.4. The first-order chi connectivity index (χ1) is 17.0. The van der Waals surface area contributed by atoms with Gasteiger partial charge in [0.05, 0.1) is 31.1 Å². The molecular formula is C28H38N4O3. The largest absolute Gasteiger partial charge is 0.494 e. The molecule has 1 saturated heterocycles. The van der Waals surface area contributed by atoms with E-state index in [1.165, 1.54) is 19.3 Å². The number of nitrogens with zero attached hydrogens (tertiary/aromatic N) is 4. The summed E-state index contributed by atoms with van der Waals surface area (Å²) in [4.78, 5) is 32.8. The molecule has 1 aromatic rings. The summed E-state index contributed by atoms with van der Waals surface area (Å²) in [5.41, 5.74) is 0.693. The Bertz CT molecular complexity index is 926. The third-order valence-corrected chi connectivity index (χ3v) is 8.72. The highest BCUT2D eigenvalue weighted by atomic mass is 16.5. The summed E-state index contributed by atoms with van der Waals surface area (Å²) in [6.07, 6.45) is 7.63. The van der Waals surface area contributed by atoms with Crippen LogP contribution in [0.1, 0.15) is 51.9 Å². The minimum atomic E-state index is -0.0888. The van der Waals surface area contributed by atoms with Gasteiger partial charge in [-0.2, -0.15) is 5.26 Å². The number of carbonyl (C=O) groups excluding carboxylic acids is 2. The van der Waals surface area contributed by atoms with E-state index in [4.69, 9.17) is 10.00 Å². The summed E-state index contributed by atoms with van der Waals surface area (Å²) >= 11 is 0. The highest BCUT2D eigenvalue weighted by Gasteiger charge is 2.55. The number of piperazine rings is 1. The van der Waals surface area contributed by atoms with Crippen molar-refractivity contribution in [3.63, 3.8) is 0 Å². The minimum absolute atomic E-state index is 0.00901. The Kier molecular flexibility index (Phi) is 7.02. The molecule has 5 fully saturated rings. The molecule has 7 nitrogen and oxygen atoms in total. The molecule has 0 spiro atoms. The van der Waals surface area contributed by atoms with E-state index >= 15 is 0 Å². The molecular weight excluding hydrogens is 440 g/mol. The van der Waals surface area contributed by atoms with E-state index in [0.717, 1.165) is 61.5 Å². The second-order valence-electron chi connectivity index (χ2n) is 11.1. The first-order valence-electron chi connectivity index (χ1n) is 13.4. The molecule has 4 saturated carbocycles. The molecule has 4 bridgehead atoms. The Balaban J connectivity index is 1.17. The number of ether oxygens (including phenoxy) is 1. The number of anilines is 1. The molecule has 0 atom stereocenters. The van der Waals surface area contributed by atoms with Gasteiger partial charge < -0.3 is 14.5 Å². The molecule has 1 heterocycles. The van der Waals surface area contributed by atoms with Gasteiger partial charge in [0.2, 0.25) is 11.8 Å². The van der Waals surface area contributed by atoms with Crippen LogP contribution in [-0.2, 0) is 9.59 Å². The smallest absolute Gasteiger partial charge is 0.241 e. The number of rotatable bonds is 8. The van der Waals surface area contributed by atoms with E-state index in [1.807, 2.05) is 31.2 Å². The van der Waals surface area contributed by atoms with Crippen LogP contribution in [0, 0.1) is 34.5 Å². The summed E-state index contributed by atoms with van der Waals surface area (Å²) in [5, 5.41) is 9.09. The number of benzene rings is 1. The Hall–Kier alpha value is -2.59. The van der Waals surface area contributed by atoms with Gasteiger partial charge in [-0.05, 0) is 87.5 Å². The summed E-state index contributed by atoms with van der Waals surface area (Å²) in [7, 11) is 0. The predicted octanol–water partition coefficient (Wildman–Crippen LogP) is 3.69. The van der Waals surface area contributed by atoms with Crippen LogP contribution in [-0.4, -0.2) is 67.5 Å². The summed E-state index contributed by atoms with van der Waals surface area (Å²) in [6, 6.07) is 9.63. The number of nitriles is 1. The van der Waals surface area contributed by atoms with Crippen LogP contribution in [0.3, 0.4) is 0 Å². The number of hydrogen-bond donors (Lipinski definition) is 0. The molecule has 7 heteroatoms. The molecule has 0 N–H and O–H groups in total. The lowest BCUT2D eigenvalue weighted by Crippen LogP contribution is -2.58. The highest BCUT2D eigenvalue weighted by Crippen LogP contribution is 2.60. The van der Waals surface area contributed by atoms with E-state index < -0.39 is 0 Å². The Morgan fingerprint density at radius 1 is 1.03 bits per heavy atom. The molecule has 4 aliphatic carbocycles.